The first-order valence-electron chi connectivity index (χ1n) is 4.85. The molecule has 4 nitrogen and oxygen atoms in total. The fourth-order valence-corrected chi connectivity index (χ4v) is 1.86. The lowest BCUT2D eigenvalue weighted by Gasteiger charge is -2.09. The number of halogens is 1. The molecule has 0 aliphatic carbocycles. The molecule has 0 saturated carbocycles. The van der Waals surface area contributed by atoms with Crippen LogP contribution in [-0.2, 0) is 0 Å². The first-order valence-corrected chi connectivity index (χ1v) is 4.85. The number of nitrogens with zero attached hydrogens (tertiary/aromatic N) is 1. The third kappa shape index (κ3) is 1.97. The SMILES string of the molecule is O=[N+]([O-])c1cc(C2CCCN2)ccc1F. The van der Waals surface area contributed by atoms with Gasteiger partial charge in [0.15, 0.2) is 0 Å². The average Bonchev–Trinajstić information content (AvgIpc) is 2.71. The molecule has 80 valence electrons. The lowest BCUT2D eigenvalue weighted by atomic mass is 10.0. The molecule has 0 aromatic heterocycles. The first-order chi connectivity index (χ1) is 7.18. The van der Waals surface area contributed by atoms with Crippen LogP contribution in [0.1, 0.15) is 24.4 Å². The van der Waals surface area contributed by atoms with Crippen LogP contribution < -0.4 is 5.32 Å². The van der Waals surface area contributed by atoms with Gasteiger partial charge in [-0.1, -0.05) is 6.07 Å². The summed E-state index contributed by atoms with van der Waals surface area (Å²) in [6.45, 7) is 0.913. The Labute approximate surface area is 86.3 Å². The van der Waals surface area contributed by atoms with Crippen LogP contribution >= 0.6 is 0 Å². The van der Waals surface area contributed by atoms with Gasteiger partial charge in [-0.2, -0.15) is 4.39 Å². The van der Waals surface area contributed by atoms with E-state index in [9.17, 15) is 14.5 Å². The van der Waals surface area contributed by atoms with E-state index in [1.807, 2.05) is 0 Å². The molecule has 5 heteroatoms. The maximum atomic E-state index is 13.0. The Hall–Kier alpha value is -1.49. The molecule has 1 aromatic carbocycles. The monoisotopic (exact) mass is 210 g/mol. The second-order valence-corrected chi connectivity index (χ2v) is 3.62. The van der Waals surface area contributed by atoms with Crippen molar-refractivity contribution in [1.82, 2.24) is 5.32 Å². The summed E-state index contributed by atoms with van der Waals surface area (Å²) in [6, 6.07) is 4.21. The molecule has 1 unspecified atom stereocenters. The van der Waals surface area contributed by atoms with Gasteiger partial charge in [0, 0.05) is 12.1 Å². The summed E-state index contributed by atoms with van der Waals surface area (Å²) in [4.78, 5) is 9.85. The van der Waals surface area contributed by atoms with Crippen LogP contribution in [0.3, 0.4) is 0 Å². The fourth-order valence-electron chi connectivity index (χ4n) is 1.86. The van der Waals surface area contributed by atoms with Gasteiger partial charge in [-0.25, -0.2) is 0 Å². The van der Waals surface area contributed by atoms with E-state index in [0.29, 0.717) is 0 Å². The summed E-state index contributed by atoms with van der Waals surface area (Å²) in [5.74, 6) is -0.776. The van der Waals surface area contributed by atoms with E-state index in [2.05, 4.69) is 5.32 Å². The van der Waals surface area contributed by atoms with E-state index in [0.717, 1.165) is 31.0 Å². The summed E-state index contributed by atoms with van der Waals surface area (Å²) in [5.41, 5.74) is 0.349. The number of hydrogen-bond acceptors (Lipinski definition) is 3. The Morgan fingerprint density at radius 2 is 2.33 bits per heavy atom. The van der Waals surface area contributed by atoms with Crippen LogP contribution in [0.4, 0.5) is 10.1 Å². The zero-order chi connectivity index (χ0) is 10.8. The predicted octanol–water partition coefficient (Wildman–Crippen LogP) is 2.16. The van der Waals surface area contributed by atoms with E-state index in [-0.39, 0.29) is 6.04 Å². The predicted molar refractivity (Wildman–Crippen MR) is 53.0 cm³/mol. The third-order valence-corrected chi connectivity index (χ3v) is 2.63. The zero-order valence-electron chi connectivity index (χ0n) is 8.07. The van der Waals surface area contributed by atoms with Crippen molar-refractivity contribution in [1.29, 1.82) is 0 Å². The molecule has 0 amide bonds. The molecular formula is C10H11FN2O2. The Balaban J connectivity index is 2.33. The van der Waals surface area contributed by atoms with Gasteiger partial charge in [0.25, 0.3) is 0 Å². The second kappa shape index (κ2) is 3.94. The minimum atomic E-state index is -0.776. The van der Waals surface area contributed by atoms with Crippen LogP contribution in [0.5, 0.6) is 0 Å². The van der Waals surface area contributed by atoms with Crippen molar-refractivity contribution in [3.8, 4) is 0 Å². The van der Waals surface area contributed by atoms with E-state index in [1.165, 1.54) is 6.07 Å². The fraction of sp³-hybridized carbons (Fsp3) is 0.400. The maximum absolute atomic E-state index is 13.0. The Kier molecular flexibility index (Phi) is 2.64. The molecule has 1 N–H and O–H groups in total. The van der Waals surface area contributed by atoms with Crippen LogP contribution in [0.25, 0.3) is 0 Å². The lowest BCUT2D eigenvalue weighted by Crippen LogP contribution is -2.13. The molecule has 1 saturated heterocycles. The molecule has 2 rings (SSSR count). The molecular weight excluding hydrogens is 199 g/mol. The third-order valence-electron chi connectivity index (χ3n) is 2.63. The number of nitrogens with one attached hydrogen (secondary N) is 1. The van der Waals surface area contributed by atoms with Crippen molar-refractivity contribution in [3.05, 3.63) is 39.7 Å². The van der Waals surface area contributed by atoms with Crippen molar-refractivity contribution in [2.75, 3.05) is 6.54 Å². The summed E-state index contributed by atoms with van der Waals surface area (Å²) >= 11 is 0. The molecule has 15 heavy (non-hydrogen) atoms. The summed E-state index contributed by atoms with van der Waals surface area (Å²) < 4.78 is 13.0. The minimum absolute atomic E-state index is 0.129. The Bertz CT molecular complexity index is 389. The Morgan fingerprint density at radius 3 is 2.93 bits per heavy atom. The van der Waals surface area contributed by atoms with Gasteiger partial charge in [0.2, 0.25) is 5.82 Å². The lowest BCUT2D eigenvalue weighted by molar-refractivity contribution is -0.387. The van der Waals surface area contributed by atoms with E-state index < -0.39 is 16.4 Å². The molecule has 1 atom stereocenters. The molecule has 1 aliphatic rings. The largest absolute Gasteiger partial charge is 0.310 e. The molecule has 1 heterocycles. The van der Waals surface area contributed by atoms with Crippen molar-refractivity contribution in [2.24, 2.45) is 0 Å². The molecule has 1 aromatic rings. The summed E-state index contributed by atoms with van der Waals surface area (Å²) in [5, 5.41) is 13.7. The second-order valence-electron chi connectivity index (χ2n) is 3.62. The Morgan fingerprint density at radius 1 is 1.53 bits per heavy atom. The van der Waals surface area contributed by atoms with Crippen LogP contribution in [-0.4, -0.2) is 11.5 Å². The van der Waals surface area contributed by atoms with Gasteiger partial charge < -0.3 is 5.32 Å². The number of nitro benzene ring substituents is 1. The molecule has 1 fully saturated rings. The summed E-state index contributed by atoms with van der Waals surface area (Å²) in [7, 11) is 0. The van der Waals surface area contributed by atoms with Gasteiger partial charge in [-0.3, -0.25) is 10.1 Å². The molecule has 0 bridgehead atoms. The molecule has 0 radical (unpaired) electrons. The van der Waals surface area contributed by atoms with Crippen LogP contribution in [0.2, 0.25) is 0 Å². The highest BCUT2D eigenvalue weighted by atomic mass is 19.1. The zero-order valence-corrected chi connectivity index (χ0v) is 8.07. The highest BCUT2D eigenvalue weighted by Crippen LogP contribution is 2.27. The van der Waals surface area contributed by atoms with Gasteiger partial charge in [-0.05, 0) is 31.0 Å². The number of rotatable bonds is 2. The first kappa shape index (κ1) is 10.0. The quantitative estimate of drug-likeness (QED) is 0.601. The van der Waals surface area contributed by atoms with Gasteiger partial charge >= 0.3 is 5.69 Å². The molecule has 0 spiro atoms. The van der Waals surface area contributed by atoms with Gasteiger partial charge in [0.1, 0.15) is 0 Å². The number of benzene rings is 1. The normalized spacial score (nSPS) is 20.5. The number of nitro groups is 1. The van der Waals surface area contributed by atoms with Gasteiger partial charge in [-0.15, -0.1) is 0 Å². The van der Waals surface area contributed by atoms with Crippen LogP contribution in [0.15, 0.2) is 18.2 Å². The van der Waals surface area contributed by atoms with Crippen molar-refractivity contribution in [3.63, 3.8) is 0 Å². The smallest absolute Gasteiger partial charge is 0.305 e. The van der Waals surface area contributed by atoms with Crippen molar-refractivity contribution < 1.29 is 9.31 Å². The van der Waals surface area contributed by atoms with Gasteiger partial charge in [0.05, 0.1) is 4.92 Å². The van der Waals surface area contributed by atoms with Crippen molar-refractivity contribution in [2.45, 2.75) is 18.9 Å². The highest BCUT2D eigenvalue weighted by Gasteiger charge is 2.21. The standard InChI is InChI=1S/C10H11FN2O2/c11-8-4-3-7(6-10(8)13(14)15)9-2-1-5-12-9/h3-4,6,9,12H,1-2,5H2. The average molecular weight is 210 g/mol. The highest BCUT2D eigenvalue weighted by molar-refractivity contribution is 5.37. The maximum Gasteiger partial charge on any atom is 0.305 e. The number of hydrogen-bond donors (Lipinski definition) is 1. The topological polar surface area (TPSA) is 55.2 Å². The summed E-state index contributed by atoms with van der Waals surface area (Å²) in [6.07, 6.45) is 2.00. The minimum Gasteiger partial charge on any atom is -0.310 e. The van der Waals surface area contributed by atoms with E-state index >= 15 is 0 Å². The van der Waals surface area contributed by atoms with Crippen LogP contribution in [0, 0.1) is 15.9 Å². The van der Waals surface area contributed by atoms with E-state index in [1.54, 1.807) is 6.07 Å². The van der Waals surface area contributed by atoms with E-state index in [4.69, 9.17) is 0 Å². The van der Waals surface area contributed by atoms with Crippen molar-refractivity contribution >= 4 is 5.69 Å². The molecule has 1 aliphatic heterocycles.